The first-order valence-corrected chi connectivity index (χ1v) is 17.5. The van der Waals surface area contributed by atoms with Crippen molar-refractivity contribution >= 4 is 0 Å². The molecule has 236 valence electrons. The quantitative estimate of drug-likeness (QED) is 0.0769. The number of aliphatic hydroxyl groups is 1. The van der Waals surface area contributed by atoms with Gasteiger partial charge in [-0.2, -0.15) is 0 Å². The highest BCUT2D eigenvalue weighted by atomic mass is 16.5. The fourth-order valence-electron chi connectivity index (χ4n) is 5.23. The minimum atomic E-state index is 0.0257. The van der Waals surface area contributed by atoms with Gasteiger partial charge in [-0.05, 0) is 75.5 Å². The molecule has 1 aromatic carbocycles. The second-order valence-electron chi connectivity index (χ2n) is 12.0. The van der Waals surface area contributed by atoms with Crippen LogP contribution in [0.3, 0.4) is 0 Å². The van der Waals surface area contributed by atoms with E-state index < -0.39 is 0 Å². The van der Waals surface area contributed by atoms with Crippen LogP contribution in [0.25, 0.3) is 0 Å². The summed E-state index contributed by atoms with van der Waals surface area (Å²) in [5.41, 5.74) is 0.871. The van der Waals surface area contributed by atoms with E-state index in [1.165, 1.54) is 122 Å². The molecule has 3 nitrogen and oxygen atoms in total. The van der Waals surface area contributed by atoms with Crippen LogP contribution in [-0.2, 0) is 6.61 Å². The van der Waals surface area contributed by atoms with Gasteiger partial charge in [-0.15, -0.1) is 0 Å². The summed E-state index contributed by atoms with van der Waals surface area (Å²) in [6, 6.07) is 5.81. The maximum Gasteiger partial charge on any atom is 0.161 e. The van der Waals surface area contributed by atoms with Crippen molar-refractivity contribution in [3.8, 4) is 11.5 Å². The lowest BCUT2D eigenvalue weighted by Gasteiger charge is -2.14. The van der Waals surface area contributed by atoms with E-state index in [2.05, 4.69) is 45.1 Å². The van der Waals surface area contributed by atoms with E-state index >= 15 is 0 Å². The molecular weight excluding hydrogens is 504 g/mol. The number of hydrogen-bond acceptors (Lipinski definition) is 3. The van der Waals surface area contributed by atoms with Crippen molar-refractivity contribution in [3.63, 3.8) is 0 Å². The maximum atomic E-state index is 9.55. The number of benzene rings is 1. The zero-order chi connectivity index (χ0) is 29.6. The van der Waals surface area contributed by atoms with E-state index in [0.717, 1.165) is 42.4 Å². The lowest BCUT2D eigenvalue weighted by molar-refractivity contribution is 0.254. The third-order valence-corrected chi connectivity index (χ3v) is 7.95. The summed E-state index contributed by atoms with van der Waals surface area (Å²) < 4.78 is 12.2. The largest absolute Gasteiger partial charge is 0.490 e. The van der Waals surface area contributed by atoms with Crippen molar-refractivity contribution in [2.24, 2.45) is 5.92 Å². The second-order valence-corrected chi connectivity index (χ2v) is 12.0. The first kappa shape index (κ1) is 37.3. The number of allylic oxidation sites excluding steroid dienone is 4. The molecule has 1 aromatic rings. The molecule has 1 atom stereocenters. The van der Waals surface area contributed by atoms with Gasteiger partial charge >= 0.3 is 0 Å². The zero-order valence-corrected chi connectivity index (χ0v) is 27.4. The van der Waals surface area contributed by atoms with Gasteiger partial charge in [0.25, 0.3) is 0 Å². The molecule has 0 heterocycles. The maximum absolute atomic E-state index is 9.55. The molecule has 0 aromatic heterocycles. The molecule has 1 rings (SSSR count). The Balaban J connectivity index is 2.09. The van der Waals surface area contributed by atoms with Crippen LogP contribution in [0.2, 0.25) is 0 Å². The molecule has 41 heavy (non-hydrogen) atoms. The Kier molecular flexibility index (Phi) is 25.8. The van der Waals surface area contributed by atoms with E-state index in [1.54, 1.807) is 0 Å². The lowest BCUT2D eigenvalue weighted by atomic mass is 10.0. The van der Waals surface area contributed by atoms with Gasteiger partial charge in [0, 0.05) is 0 Å². The van der Waals surface area contributed by atoms with Gasteiger partial charge in [-0.3, -0.25) is 0 Å². The molecule has 0 bridgehead atoms. The highest BCUT2D eigenvalue weighted by molar-refractivity contribution is 5.42. The predicted octanol–water partition coefficient (Wildman–Crippen LogP) is 11.9. The van der Waals surface area contributed by atoms with Crippen LogP contribution in [0.15, 0.2) is 42.5 Å². The van der Waals surface area contributed by atoms with E-state index in [-0.39, 0.29) is 6.61 Å². The van der Waals surface area contributed by atoms with Gasteiger partial charge in [0.05, 0.1) is 19.8 Å². The van der Waals surface area contributed by atoms with Crippen molar-refractivity contribution in [2.75, 3.05) is 13.2 Å². The second kappa shape index (κ2) is 28.4. The normalized spacial score (nSPS) is 12.5. The summed E-state index contributed by atoms with van der Waals surface area (Å²) in [6.07, 6.45) is 36.4. The summed E-state index contributed by atoms with van der Waals surface area (Å²) in [5.74, 6) is 2.32. The standard InChI is InChI=1S/C38H66O3/c1-4-6-8-10-12-14-17-21-25-31-40-37-30-29-36(34-39)33-38(37)41-32-26-22-18-15-13-16-20-24-28-35(3)27-23-19-11-9-7-5-2/h4,6,24,28-30,33,35,39H,5,7-23,25-27,31-32,34H2,1-3H3. The third-order valence-electron chi connectivity index (χ3n) is 7.95. The van der Waals surface area contributed by atoms with E-state index in [9.17, 15) is 5.11 Å². The van der Waals surface area contributed by atoms with Crippen molar-refractivity contribution in [3.05, 3.63) is 48.1 Å². The molecule has 0 amide bonds. The molecule has 3 heteroatoms. The average molecular weight is 571 g/mol. The Morgan fingerprint density at radius 2 is 1.20 bits per heavy atom. The Morgan fingerprint density at radius 3 is 1.80 bits per heavy atom. The lowest BCUT2D eigenvalue weighted by Crippen LogP contribution is -2.03. The Labute approximate surface area is 255 Å². The van der Waals surface area contributed by atoms with Crippen molar-refractivity contribution in [2.45, 2.75) is 162 Å². The first-order valence-electron chi connectivity index (χ1n) is 17.5. The van der Waals surface area contributed by atoms with Gasteiger partial charge in [-0.25, -0.2) is 0 Å². The highest BCUT2D eigenvalue weighted by Gasteiger charge is 2.07. The summed E-state index contributed by atoms with van der Waals surface area (Å²) >= 11 is 0. The van der Waals surface area contributed by atoms with Gasteiger partial charge in [0.1, 0.15) is 0 Å². The van der Waals surface area contributed by atoms with Crippen LogP contribution >= 0.6 is 0 Å². The molecule has 1 N–H and O–H groups in total. The molecule has 0 aliphatic rings. The molecule has 0 radical (unpaired) electrons. The fraction of sp³-hybridized carbons (Fsp3) is 0.737. The number of ether oxygens (including phenoxy) is 2. The molecule has 0 aliphatic heterocycles. The van der Waals surface area contributed by atoms with Crippen molar-refractivity contribution in [1.29, 1.82) is 0 Å². The smallest absolute Gasteiger partial charge is 0.161 e. The molecule has 0 saturated heterocycles. The summed E-state index contributed by atoms with van der Waals surface area (Å²) in [6.45, 7) is 8.20. The average Bonchev–Trinajstić information content (AvgIpc) is 2.99. The van der Waals surface area contributed by atoms with Gasteiger partial charge < -0.3 is 14.6 Å². The number of aliphatic hydroxyl groups excluding tert-OH is 1. The topological polar surface area (TPSA) is 38.7 Å². The van der Waals surface area contributed by atoms with Gasteiger partial charge in [0.15, 0.2) is 11.5 Å². The molecule has 0 aliphatic carbocycles. The van der Waals surface area contributed by atoms with E-state index in [1.807, 2.05) is 18.2 Å². The van der Waals surface area contributed by atoms with Crippen LogP contribution in [0.4, 0.5) is 0 Å². The summed E-state index contributed by atoms with van der Waals surface area (Å²) in [5, 5.41) is 9.55. The van der Waals surface area contributed by atoms with Crippen LogP contribution in [0, 0.1) is 5.92 Å². The van der Waals surface area contributed by atoms with Gasteiger partial charge in [-0.1, -0.05) is 134 Å². The van der Waals surface area contributed by atoms with Crippen LogP contribution < -0.4 is 9.47 Å². The summed E-state index contributed by atoms with van der Waals surface area (Å²) in [7, 11) is 0. The molecule has 0 spiro atoms. The predicted molar refractivity (Wildman–Crippen MR) is 179 cm³/mol. The van der Waals surface area contributed by atoms with E-state index in [0.29, 0.717) is 6.61 Å². The van der Waals surface area contributed by atoms with Crippen LogP contribution in [0.5, 0.6) is 11.5 Å². The molecular formula is C38H66O3. The fourth-order valence-corrected chi connectivity index (χ4v) is 5.23. The Hall–Kier alpha value is -1.74. The van der Waals surface area contributed by atoms with Gasteiger partial charge in [0.2, 0.25) is 0 Å². The minimum Gasteiger partial charge on any atom is -0.490 e. The van der Waals surface area contributed by atoms with Crippen LogP contribution in [0.1, 0.15) is 161 Å². The zero-order valence-electron chi connectivity index (χ0n) is 27.4. The minimum absolute atomic E-state index is 0.0257. The highest BCUT2D eigenvalue weighted by Crippen LogP contribution is 2.29. The van der Waals surface area contributed by atoms with Crippen molar-refractivity contribution < 1.29 is 14.6 Å². The number of rotatable bonds is 29. The van der Waals surface area contributed by atoms with Crippen LogP contribution in [-0.4, -0.2) is 18.3 Å². The SMILES string of the molecule is CC=CCCCCCCCCOc1ccc(CO)cc1OCCCCCCCCC=CC(C)CCCCCCCC. The monoisotopic (exact) mass is 571 g/mol. The number of hydrogen-bond donors (Lipinski definition) is 1. The first-order chi connectivity index (χ1) is 20.2. The Bertz CT molecular complexity index is 754. The molecule has 0 saturated carbocycles. The Morgan fingerprint density at radius 1 is 0.659 bits per heavy atom. The van der Waals surface area contributed by atoms with Crippen molar-refractivity contribution in [1.82, 2.24) is 0 Å². The third kappa shape index (κ3) is 22.5. The summed E-state index contributed by atoms with van der Waals surface area (Å²) in [4.78, 5) is 0. The molecule has 0 fully saturated rings. The molecule has 1 unspecified atom stereocenters. The van der Waals surface area contributed by atoms with E-state index in [4.69, 9.17) is 9.47 Å². The number of unbranched alkanes of at least 4 members (excludes halogenated alkanes) is 17.